The molecule has 17 heavy (non-hydrogen) atoms. The van der Waals surface area contributed by atoms with Crippen molar-refractivity contribution in [3.8, 4) is 0 Å². The van der Waals surface area contributed by atoms with Crippen molar-refractivity contribution in [2.24, 2.45) is 0 Å². The van der Waals surface area contributed by atoms with Gasteiger partial charge in [0.05, 0.1) is 15.4 Å². The van der Waals surface area contributed by atoms with Crippen molar-refractivity contribution < 1.29 is 18.3 Å². The minimum atomic E-state index is -3.58. The fourth-order valence-corrected chi connectivity index (χ4v) is 1.86. The molecule has 0 bridgehead atoms. The zero-order valence-electron chi connectivity index (χ0n) is 8.69. The third-order valence-electron chi connectivity index (χ3n) is 1.98. The summed E-state index contributed by atoms with van der Waals surface area (Å²) in [7, 11) is -3.58. The first-order valence-electron chi connectivity index (χ1n) is 4.31. The molecule has 0 heterocycles. The second-order valence-corrected chi connectivity index (χ2v) is 5.33. The van der Waals surface area contributed by atoms with Gasteiger partial charge in [0.1, 0.15) is 0 Å². The van der Waals surface area contributed by atoms with Crippen LogP contribution >= 0.6 is 0 Å². The fraction of sp³-hybridized carbons (Fsp3) is 0.250. The van der Waals surface area contributed by atoms with Gasteiger partial charge in [-0.25, -0.2) is 8.42 Å². The standard InChI is InChI=1S/C8H8N2O6S/c1-17(15,16)7-3-2-6(5-9(11)12)8(4-7)10(13)14/h2-4H,5H2,1H3. The Balaban J connectivity index is 3.37. The van der Waals surface area contributed by atoms with Crippen molar-refractivity contribution >= 4 is 15.5 Å². The van der Waals surface area contributed by atoms with E-state index in [2.05, 4.69) is 0 Å². The average molecular weight is 260 g/mol. The molecule has 0 aromatic heterocycles. The number of benzene rings is 1. The summed E-state index contributed by atoms with van der Waals surface area (Å²) in [5.41, 5.74) is -0.697. The highest BCUT2D eigenvalue weighted by atomic mass is 32.2. The van der Waals surface area contributed by atoms with E-state index >= 15 is 0 Å². The van der Waals surface area contributed by atoms with Crippen molar-refractivity contribution in [2.75, 3.05) is 6.26 Å². The second-order valence-electron chi connectivity index (χ2n) is 3.31. The molecule has 0 aliphatic carbocycles. The van der Waals surface area contributed by atoms with E-state index in [4.69, 9.17) is 0 Å². The van der Waals surface area contributed by atoms with E-state index in [0.717, 1.165) is 24.5 Å². The van der Waals surface area contributed by atoms with Crippen molar-refractivity contribution in [1.29, 1.82) is 0 Å². The third-order valence-corrected chi connectivity index (χ3v) is 3.09. The number of hydrogen-bond acceptors (Lipinski definition) is 6. The molecule has 0 amide bonds. The number of nitro benzene ring substituents is 1. The Labute approximate surface area is 96.1 Å². The Hall–Kier alpha value is -2.03. The summed E-state index contributed by atoms with van der Waals surface area (Å²) in [5.74, 6) is 0. The van der Waals surface area contributed by atoms with E-state index in [1.807, 2.05) is 0 Å². The predicted octanol–water partition coefficient (Wildman–Crippen LogP) is 0.775. The lowest BCUT2D eigenvalue weighted by Crippen LogP contribution is -2.05. The molecule has 0 spiro atoms. The van der Waals surface area contributed by atoms with Crippen LogP contribution in [0, 0.1) is 20.2 Å². The van der Waals surface area contributed by atoms with E-state index in [9.17, 15) is 28.6 Å². The Kier molecular flexibility index (Phi) is 3.42. The molecule has 9 heteroatoms. The molecule has 0 saturated carbocycles. The van der Waals surface area contributed by atoms with Crippen LogP contribution in [0.3, 0.4) is 0 Å². The fourth-order valence-electron chi connectivity index (χ4n) is 1.22. The Morgan fingerprint density at radius 3 is 2.24 bits per heavy atom. The summed E-state index contributed by atoms with van der Waals surface area (Å²) >= 11 is 0. The summed E-state index contributed by atoms with van der Waals surface area (Å²) in [6.45, 7) is -0.722. The molecule has 0 fully saturated rings. The molecule has 1 rings (SSSR count). The molecule has 1 aromatic carbocycles. The predicted molar refractivity (Wildman–Crippen MR) is 56.9 cm³/mol. The topological polar surface area (TPSA) is 120 Å². The molecule has 0 N–H and O–H groups in total. The summed E-state index contributed by atoms with van der Waals surface area (Å²) in [5, 5.41) is 21.0. The molecule has 0 aliphatic rings. The highest BCUT2D eigenvalue weighted by molar-refractivity contribution is 7.90. The van der Waals surface area contributed by atoms with Crippen molar-refractivity contribution in [3.63, 3.8) is 0 Å². The molecule has 0 saturated heterocycles. The second kappa shape index (κ2) is 4.45. The summed E-state index contributed by atoms with van der Waals surface area (Å²) in [6.07, 6.45) is 0.902. The van der Waals surface area contributed by atoms with Crippen molar-refractivity contribution in [1.82, 2.24) is 0 Å². The SMILES string of the molecule is CS(=O)(=O)c1ccc(C[N+](=O)[O-])c([N+](=O)[O-])c1. The Bertz CT molecular complexity index is 580. The van der Waals surface area contributed by atoms with Gasteiger partial charge in [0.25, 0.3) is 5.69 Å². The lowest BCUT2D eigenvalue weighted by atomic mass is 10.2. The van der Waals surface area contributed by atoms with E-state index in [1.54, 1.807) is 0 Å². The van der Waals surface area contributed by atoms with Gasteiger partial charge in [0.15, 0.2) is 9.84 Å². The highest BCUT2D eigenvalue weighted by Gasteiger charge is 2.21. The van der Waals surface area contributed by atoms with Gasteiger partial charge in [-0.3, -0.25) is 20.2 Å². The maximum atomic E-state index is 11.2. The molecule has 0 unspecified atom stereocenters. The van der Waals surface area contributed by atoms with Crippen LogP contribution < -0.4 is 0 Å². The zero-order chi connectivity index (χ0) is 13.2. The lowest BCUT2D eigenvalue weighted by Gasteiger charge is -2.01. The number of rotatable bonds is 4. The molecule has 0 atom stereocenters. The molecule has 8 nitrogen and oxygen atoms in total. The normalized spacial score (nSPS) is 11.1. The summed E-state index contributed by atoms with van der Waals surface area (Å²) in [6, 6.07) is 3.02. The van der Waals surface area contributed by atoms with Gasteiger partial charge in [-0.15, -0.1) is 0 Å². The maximum absolute atomic E-state index is 11.2. The maximum Gasteiger partial charge on any atom is 0.280 e. The van der Waals surface area contributed by atoms with Crippen LogP contribution in [0.1, 0.15) is 5.56 Å². The zero-order valence-corrected chi connectivity index (χ0v) is 9.51. The summed E-state index contributed by atoms with van der Waals surface area (Å²) in [4.78, 5) is 19.2. The largest absolute Gasteiger partial charge is 0.280 e. The van der Waals surface area contributed by atoms with Crippen LogP contribution in [0.4, 0.5) is 5.69 Å². The quantitative estimate of drug-likeness (QED) is 0.582. The molecule has 0 aliphatic heterocycles. The molecular formula is C8H8N2O6S. The first kappa shape index (κ1) is 13.0. The minimum absolute atomic E-state index is 0.132. The van der Waals surface area contributed by atoms with E-state index in [-0.39, 0.29) is 10.5 Å². The number of nitrogens with zero attached hydrogens (tertiary/aromatic N) is 2. The monoisotopic (exact) mass is 260 g/mol. The van der Waals surface area contributed by atoms with Crippen LogP contribution in [0.5, 0.6) is 0 Å². The first-order chi connectivity index (χ1) is 7.71. The number of hydrogen-bond donors (Lipinski definition) is 0. The van der Waals surface area contributed by atoms with Gasteiger partial charge in [-0.2, -0.15) is 0 Å². The lowest BCUT2D eigenvalue weighted by molar-refractivity contribution is -0.498. The minimum Gasteiger partial charge on any atom is -0.264 e. The van der Waals surface area contributed by atoms with E-state index in [0.29, 0.717) is 0 Å². The third kappa shape index (κ3) is 3.21. The molecule has 0 radical (unpaired) electrons. The first-order valence-corrected chi connectivity index (χ1v) is 6.20. The molecule has 1 aromatic rings. The van der Waals surface area contributed by atoms with Crippen LogP contribution in [-0.2, 0) is 16.4 Å². The van der Waals surface area contributed by atoms with Crippen LogP contribution in [0.15, 0.2) is 23.1 Å². The molecule has 92 valence electrons. The van der Waals surface area contributed by atoms with Gasteiger partial charge >= 0.3 is 0 Å². The van der Waals surface area contributed by atoms with Crippen LogP contribution in [-0.4, -0.2) is 24.5 Å². The smallest absolute Gasteiger partial charge is 0.264 e. The van der Waals surface area contributed by atoms with Gasteiger partial charge in [-0.1, -0.05) is 0 Å². The van der Waals surface area contributed by atoms with Crippen molar-refractivity contribution in [2.45, 2.75) is 11.4 Å². The van der Waals surface area contributed by atoms with E-state index < -0.39 is 31.9 Å². The van der Waals surface area contributed by atoms with Crippen molar-refractivity contribution in [3.05, 3.63) is 44.0 Å². The Morgan fingerprint density at radius 1 is 1.24 bits per heavy atom. The number of sulfone groups is 1. The van der Waals surface area contributed by atoms with Gasteiger partial charge in [-0.05, 0) is 12.1 Å². The highest BCUT2D eigenvalue weighted by Crippen LogP contribution is 2.23. The van der Waals surface area contributed by atoms with Gasteiger partial charge in [0.2, 0.25) is 6.54 Å². The number of nitro groups is 2. The summed E-state index contributed by atoms with van der Waals surface area (Å²) < 4.78 is 22.4. The van der Waals surface area contributed by atoms with Gasteiger partial charge in [0, 0.05) is 17.2 Å². The van der Waals surface area contributed by atoms with Crippen LogP contribution in [0.25, 0.3) is 0 Å². The van der Waals surface area contributed by atoms with Crippen LogP contribution in [0.2, 0.25) is 0 Å². The van der Waals surface area contributed by atoms with E-state index in [1.165, 1.54) is 0 Å². The van der Waals surface area contributed by atoms with Gasteiger partial charge < -0.3 is 0 Å². The Morgan fingerprint density at radius 2 is 1.82 bits per heavy atom. The molecular weight excluding hydrogens is 252 g/mol. The average Bonchev–Trinajstić information content (AvgIpc) is 2.15.